The Balaban J connectivity index is 1.97. The molecule has 7 heteroatoms. The largest absolute Gasteiger partial charge is 0.491 e. The first kappa shape index (κ1) is 15.2. The molecular weight excluding hydrogens is 276 g/mol. The van der Waals surface area contributed by atoms with E-state index in [1.807, 2.05) is 0 Å². The fourth-order valence-electron chi connectivity index (χ4n) is 1.96. The van der Waals surface area contributed by atoms with E-state index >= 15 is 0 Å². The monoisotopic (exact) mass is 294 g/mol. The molecule has 1 atom stereocenters. The van der Waals surface area contributed by atoms with E-state index in [0.717, 1.165) is 12.8 Å². The lowest BCUT2D eigenvalue weighted by atomic mass is 10.2. The minimum absolute atomic E-state index is 0.0444. The van der Waals surface area contributed by atoms with Crippen molar-refractivity contribution in [2.24, 2.45) is 0 Å². The van der Waals surface area contributed by atoms with Crippen molar-refractivity contribution in [1.82, 2.24) is 5.32 Å². The summed E-state index contributed by atoms with van der Waals surface area (Å²) in [5.41, 5.74) is 0.560. The van der Waals surface area contributed by atoms with Crippen LogP contribution in [-0.2, 0) is 9.53 Å². The van der Waals surface area contributed by atoms with Gasteiger partial charge in [0.1, 0.15) is 18.4 Å². The molecule has 0 aliphatic heterocycles. The Morgan fingerprint density at radius 2 is 2.24 bits per heavy atom. The van der Waals surface area contributed by atoms with Gasteiger partial charge in [-0.25, -0.2) is 0 Å². The smallest absolute Gasteiger partial charge is 0.326 e. The van der Waals surface area contributed by atoms with Gasteiger partial charge in [-0.15, -0.1) is 0 Å². The molecule has 21 heavy (non-hydrogen) atoms. The van der Waals surface area contributed by atoms with Gasteiger partial charge in [-0.2, -0.15) is 0 Å². The summed E-state index contributed by atoms with van der Waals surface area (Å²) in [4.78, 5) is 22.0. The number of nitrogens with one attached hydrogen (secondary N) is 1. The Bertz CT molecular complexity index is 542. The van der Waals surface area contributed by atoms with E-state index in [1.54, 1.807) is 13.0 Å². The standard InChI is InChI=1S/C14H18N2O5/c1-9-7-11(5-6-13(9)16(18)19)21-8-12(14(17)20-2)15-10-3-4-10/h5-7,10,12,15H,3-4,8H2,1-2H3. The van der Waals surface area contributed by atoms with Crippen molar-refractivity contribution in [1.29, 1.82) is 0 Å². The Hall–Kier alpha value is -2.15. The lowest BCUT2D eigenvalue weighted by Crippen LogP contribution is -2.43. The maximum Gasteiger partial charge on any atom is 0.326 e. The highest BCUT2D eigenvalue weighted by Crippen LogP contribution is 2.24. The van der Waals surface area contributed by atoms with Gasteiger partial charge in [-0.3, -0.25) is 20.2 Å². The minimum Gasteiger partial charge on any atom is -0.491 e. The van der Waals surface area contributed by atoms with Crippen LogP contribution in [0, 0.1) is 17.0 Å². The molecule has 0 bridgehead atoms. The highest BCUT2D eigenvalue weighted by atomic mass is 16.6. The molecule has 1 N–H and O–H groups in total. The summed E-state index contributed by atoms with van der Waals surface area (Å²) in [6.07, 6.45) is 2.09. The topological polar surface area (TPSA) is 90.7 Å². The van der Waals surface area contributed by atoms with E-state index in [1.165, 1.54) is 19.2 Å². The van der Waals surface area contributed by atoms with Crippen LogP contribution in [-0.4, -0.2) is 36.7 Å². The third kappa shape index (κ3) is 4.16. The summed E-state index contributed by atoms with van der Waals surface area (Å²) in [6.45, 7) is 1.77. The van der Waals surface area contributed by atoms with Crippen molar-refractivity contribution in [2.45, 2.75) is 31.8 Å². The first-order valence-electron chi connectivity index (χ1n) is 6.73. The third-order valence-electron chi connectivity index (χ3n) is 3.28. The predicted octanol–water partition coefficient (Wildman–Crippen LogP) is 1.58. The quantitative estimate of drug-likeness (QED) is 0.466. The number of nitro groups is 1. The van der Waals surface area contributed by atoms with Crippen molar-refractivity contribution in [3.05, 3.63) is 33.9 Å². The number of ether oxygens (including phenoxy) is 2. The molecule has 114 valence electrons. The molecule has 7 nitrogen and oxygen atoms in total. The number of carbonyl (C=O) groups is 1. The SMILES string of the molecule is COC(=O)C(COc1ccc([N+](=O)[O-])c(C)c1)NC1CC1. The molecule has 1 fully saturated rings. The zero-order valence-electron chi connectivity index (χ0n) is 12.0. The van der Waals surface area contributed by atoms with Gasteiger partial charge >= 0.3 is 5.97 Å². The zero-order chi connectivity index (χ0) is 15.4. The molecule has 1 aliphatic carbocycles. The maximum atomic E-state index is 11.7. The summed E-state index contributed by atoms with van der Waals surface area (Å²) >= 11 is 0. The fraction of sp³-hybridized carbons (Fsp3) is 0.500. The number of nitro benzene ring substituents is 1. The van der Waals surface area contributed by atoms with Gasteiger partial charge in [0, 0.05) is 17.7 Å². The second-order valence-corrected chi connectivity index (χ2v) is 5.03. The summed E-state index contributed by atoms with van der Waals surface area (Å²) in [6, 6.07) is 4.32. The van der Waals surface area contributed by atoms with E-state index < -0.39 is 11.0 Å². The molecule has 0 spiro atoms. The van der Waals surface area contributed by atoms with Gasteiger partial charge in [-0.1, -0.05) is 0 Å². The normalized spacial score (nSPS) is 15.3. The van der Waals surface area contributed by atoms with Crippen molar-refractivity contribution < 1.29 is 19.2 Å². The van der Waals surface area contributed by atoms with Crippen LogP contribution in [0.2, 0.25) is 0 Å². The number of methoxy groups -OCH3 is 1. The molecule has 1 aromatic carbocycles. The molecule has 0 heterocycles. The van der Waals surface area contributed by atoms with E-state index in [2.05, 4.69) is 5.32 Å². The molecule has 0 aromatic heterocycles. The summed E-state index contributed by atoms with van der Waals surface area (Å²) in [5.74, 6) is 0.116. The van der Waals surface area contributed by atoms with E-state index in [0.29, 0.717) is 17.4 Å². The second-order valence-electron chi connectivity index (χ2n) is 5.03. The van der Waals surface area contributed by atoms with Gasteiger partial charge < -0.3 is 9.47 Å². The van der Waals surface area contributed by atoms with Crippen LogP contribution in [0.15, 0.2) is 18.2 Å². The van der Waals surface area contributed by atoms with Crippen LogP contribution >= 0.6 is 0 Å². The molecule has 0 radical (unpaired) electrons. The van der Waals surface area contributed by atoms with Crippen LogP contribution in [0.4, 0.5) is 5.69 Å². The van der Waals surface area contributed by atoms with Gasteiger partial charge in [0.2, 0.25) is 0 Å². The second kappa shape index (κ2) is 6.53. The molecule has 1 unspecified atom stereocenters. The van der Waals surface area contributed by atoms with Gasteiger partial charge in [0.05, 0.1) is 12.0 Å². The van der Waals surface area contributed by atoms with Crippen molar-refractivity contribution in [2.75, 3.05) is 13.7 Å². The van der Waals surface area contributed by atoms with Crippen molar-refractivity contribution >= 4 is 11.7 Å². The first-order valence-corrected chi connectivity index (χ1v) is 6.73. The predicted molar refractivity (Wildman–Crippen MR) is 75.3 cm³/mol. The average Bonchev–Trinajstić information content (AvgIpc) is 3.26. The van der Waals surface area contributed by atoms with Gasteiger partial charge in [-0.05, 0) is 31.9 Å². The van der Waals surface area contributed by atoms with Crippen molar-refractivity contribution in [3.8, 4) is 5.75 Å². The van der Waals surface area contributed by atoms with Crippen LogP contribution < -0.4 is 10.1 Å². The van der Waals surface area contributed by atoms with E-state index in [4.69, 9.17) is 9.47 Å². The number of nitrogens with zero attached hydrogens (tertiary/aromatic N) is 1. The molecule has 0 saturated heterocycles. The van der Waals surface area contributed by atoms with Crippen LogP contribution in [0.25, 0.3) is 0 Å². The van der Waals surface area contributed by atoms with Crippen LogP contribution in [0.3, 0.4) is 0 Å². The molecule has 1 aromatic rings. The van der Waals surface area contributed by atoms with Crippen molar-refractivity contribution in [3.63, 3.8) is 0 Å². The number of hydrogen-bond donors (Lipinski definition) is 1. The third-order valence-corrected chi connectivity index (χ3v) is 3.28. The summed E-state index contributed by atoms with van der Waals surface area (Å²) in [7, 11) is 1.33. The molecule has 2 rings (SSSR count). The Kier molecular flexibility index (Phi) is 4.74. The van der Waals surface area contributed by atoms with Gasteiger partial charge in [0.25, 0.3) is 5.69 Å². The van der Waals surface area contributed by atoms with E-state index in [9.17, 15) is 14.9 Å². The number of rotatable bonds is 7. The molecule has 1 aliphatic rings. The lowest BCUT2D eigenvalue weighted by Gasteiger charge is -2.17. The number of esters is 1. The average molecular weight is 294 g/mol. The molecular formula is C14H18N2O5. The lowest BCUT2D eigenvalue weighted by molar-refractivity contribution is -0.385. The number of aryl methyl sites for hydroxylation is 1. The Morgan fingerprint density at radius 1 is 1.52 bits per heavy atom. The number of carbonyl (C=O) groups excluding carboxylic acids is 1. The number of hydrogen-bond acceptors (Lipinski definition) is 6. The summed E-state index contributed by atoms with van der Waals surface area (Å²) < 4.78 is 10.3. The fourth-order valence-corrected chi connectivity index (χ4v) is 1.96. The summed E-state index contributed by atoms with van der Waals surface area (Å²) in [5, 5.41) is 13.9. The van der Waals surface area contributed by atoms with Gasteiger partial charge in [0.15, 0.2) is 0 Å². The Labute approximate surface area is 122 Å². The highest BCUT2D eigenvalue weighted by Gasteiger charge is 2.29. The maximum absolute atomic E-state index is 11.7. The highest BCUT2D eigenvalue weighted by molar-refractivity contribution is 5.76. The number of benzene rings is 1. The molecule has 0 amide bonds. The zero-order valence-corrected chi connectivity index (χ0v) is 12.0. The first-order chi connectivity index (χ1) is 10.0. The van der Waals surface area contributed by atoms with E-state index in [-0.39, 0.29) is 18.3 Å². The van der Waals surface area contributed by atoms with Crippen LogP contribution in [0.5, 0.6) is 5.75 Å². The van der Waals surface area contributed by atoms with Crippen LogP contribution in [0.1, 0.15) is 18.4 Å². The molecule has 1 saturated carbocycles. The minimum atomic E-state index is -0.530. The Morgan fingerprint density at radius 3 is 2.76 bits per heavy atom.